The summed E-state index contributed by atoms with van der Waals surface area (Å²) in [5.41, 5.74) is 1.36. The van der Waals surface area contributed by atoms with Crippen LogP contribution in [0.1, 0.15) is 18.3 Å². The first kappa shape index (κ1) is 26.1. The lowest BCUT2D eigenvalue weighted by molar-refractivity contribution is -0.116. The Labute approximate surface area is 213 Å². The molecule has 35 heavy (non-hydrogen) atoms. The number of thioether (sulfide) groups is 1. The molecule has 182 valence electrons. The van der Waals surface area contributed by atoms with Crippen LogP contribution in [0.25, 0.3) is 6.08 Å². The number of hydrogen-bond donors (Lipinski definition) is 2. The highest BCUT2D eigenvalue weighted by molar-refractivity contribution is 7.99. The summed E-state index contributed by atoms with van der Waals surface area (Å²) in [6.45, 7) is 6.76. The minimum absolute atomic E-state index is 0.128. The van der Waals surface area contributed by atoms with Gasteiger partial charge in [-0.15, -0.1) is 16.8 Å². The predicted octanol–water partition coefficient (Wildman–Crippen LogP) is 4.58. The van der Waals surface area contributed by atoms with Crippen molar-refractivity contribution < 1.29 is 14.3 Å². The van der Waals surface area contributed by atoms with Crippen LogP contribution in [0.2, 0.25) is 5.02 Å². The molecule has 0 spiro atoms. The molecule has 0 aliphatic carbocycles. The van der Waals surface area contributed by atoms with Gasteiger partial charge in [-0.05, 0) is 36.8 Å². The van der Waals surface area contributed by atoms with E-state index in [0.29, 0.717) is 40.6 Å². The summed E-state index contributed by atoms with van der Waals surface area (Å²) in [6.07, 6.45) is 4.76. The second kappa shape index (κ2) is 13.4. The number of nitrogens with zero attached hydrogens (tertiary/aromatic N) is 3. The summed E-state index contributed by atoms with van der Waals surface area (Å²) >= 11 is 7.35. The molecule has 2 N–H and O–H groups in total. The van der Waals surface area contributed by atoms with E-state index >= 15 is 0 Å². The lowest BCUT2D eigenvalue weighted by Gasteiger charge is -2.11. The minimum Gasteiger partial charge on any atom is -0.492 e. The zero-order chi connectivity index (χ0) is 25.0. The number of aromatic nitrogens is 3. The lowest BCUT2D eigenvalue weighted by Crippen LogP contribution is -2.23. The molecule has 0 bridgehead atoms. The monoisotopic (exact) mass is 511 g/mol. The van der Waals surface area contributed by atoms with Crippen molar-refractivity contribution in [2.75, 3.05) is 17.7 Å². The van der Waals surface area contributed by atoms with E-state index in [4.69, 9.17) is 16.3 Å². The molecule has 0 saturated heterocycles. The Bertz CT molecular complexity index is 1210. The molecule has 0 fully saturated rings. The molecule has 10 heteroatoms. The topological polar surface area (TPSA) is 98.1 Å². The normalized spacial score (nSPS) is 10.8. The van der Waals surface area contributed by atoms with Crippen LogP contribution in [0.3, 0.4) is 0 Å². The number of benzene rings is 2. The summed E-state index contributed by atoms with van der Waals surface area (Å²) in [5, 5.41) is 15.1. The molecule has 1 aromatic heterocycles. The maximum Gasteiger partial charge on any atom is 0.244 e. The first-order valence-corrected chi connectivity index (χ1v) is 12.3. The maximum absolute atomic E-state index is 12.5. The van der Waals surface area contributed by atoms with Crippen LogP contribution in [0.5, 0.6) is 5.75 Å². The quantitative estimate of drug-likeness (QED) is 0.210. The van der Waals surface area contributed by atoms with Crippen LogP contribution in [0.4, 0.5) is 5.69 Å². The molecule has 0 aliphatic heterocycles. The van der Waals surface area contributed by atoms with Gasteiger partial charge >= 0.3 is 0 Å². The van der Waals surface area contributed by atoms with Crippen molar-refractivity contribution in [2.45, 2.75) is 25.2 Å². The Morgan fingerprint density at radius 3 is 2.71 bits per heavy atom. The van der Waals surface area contributed by atoms with Gasteiger partial charge in [0, 0.05) is 17.6 Å². The Morgan fingerprint density at radius 2 is 1.94 bits per heavy atom. The highest BCUT2D eigenvalue weighted by Crippen LogP contribution is 2.24. The van der Waals surface area contributed by atoms with E-state index in [1.54, 1.807) is 34.9 Å². The largest absolute Gasteiger partial charge is 0.492 e. The van der Waals surface area contributed by atoms with Crippen LogP contribution in [0.15, 0.2) is 72.4 Å². The van der Waals surface area contributed by atoms with E-state index < -0.39 is 0 Å². The van der Waals surface area contributed by atoms with E-state index in [9.17, 15) is 9.59 Å². The number of nitrogens with one attached hydrogen (secondary N) is 2. The van der Waals surface area contributed by atoms with Crippen LogP contribution in [-0.2, 0) is 22.7 Å². The highest BCUT2D eigenvalue weighted by Gasteiger charge is 2.15. The van der Waals surface area contributed by atoms with Crippen LogP contribution >= 0.6 is 23.4 Å². The summed E-state index contributed by atoms with van der Waals surface area (Å²) in [5.74, 6) is 0.802. The number of carbonyl (C=O) groups is 2. The third-order valence-corrected chi connectivity index (χ3v) is 5.95. The third-order valence-electron chi connectivity index (χ3n) is 4.64. The Kier molecular flexibility index (Phi) is 9.94. The van der Waals surface area contributed by atoms with Gasteiger partial charge in [0.15, 0.2) is 11.0 Å². The molecule has 3 aromatic rings. The number of anilines is 1. The highest BCUT2D eigenvalue weighted by atomic mass is 35.5. The molecule has 2 aromatic carbocycles. The summed E-state index contributed by atoms with van der Waals surface area (Å²) in [4.78, 5) is 24.8. The molecular weight excluding hydrogens is 486 g/mol. The average Bonchev–Trinajstić information content (AvgIpc) is 3.24. The predicted molar refractivity (Wildman–Crippen MR) is 140 cm³/mol. The zero-order valence-corrected chi connectivity index (χ0v) is 20.8. The fourth-order valence-electron chi connectivity index (χ4n) is 3.04. The molecule has 0 unspecified atom stereocenters. The van der Waals surface area contributed by atoms with E-state index in [0.717, 1.165) is 5.56 Å². The molecule has 0 saturated carbocycles. The number of amides is 2. The molecule has 0 atom stereocenters. The van der Waals surface area contributed by atoms with Crippen molar-refractivity contribution in [1.29, 1.82) is 0 Å². The number of allylic oxidation sites excluding steroid dienone is 1. The van der Waals surface area contributed by atoms with Crippen molar-refractivity contribution in [3.8, 4) is 5.75 Å². The third kappa shape index (κ3) is 7.73. The molecule has 1 heterocycles. The molecular formula is C25H26ClN5O3S. The number of para-hydroxylation sites is 2. The van der Waals surface area contributed by atoms with Gasteiger partial charge < -0.3 is 19.9 Å². The fraction of sp³-hybridized carbons (Fsp3) is 0.200. The van der Waals surface area contributed by atoms with Crippen LogP contribution in [0, 0.1) is 0 Å². The number of carbonyl (C=O) groups excluding carboxylic acids is 2. The standard InChI is InChI=1S/C25H26ClN5O3S/c1-3-15-31-22(16-27-23(32)14-13-18-9-5-6-10-19(18)26)29-30-25(31)35-17-24(33)28-20-11-7-8-12-21(20)34-4-2/h3,5-14H,1,4,15-17H2,2H3,(H,27,32)(H,28,33). The van der Waals surface area contributed by atoms with E-state index in [1.807, 2.05) is 37.3 Å². The average molecular weight is 512 g/mol. The molecule has 3 rings (SSSR count). The van der Waals surface area contributed by atoms with Gasteiger partial charge in [-0.2, -0.15) is 0 Å². The molecule has 0 aliphatic rings. The number of rotatable bonds is 12. The van der Waals surface area contributed by atoms with Gasteiger partial charge in [-0.3, -0.25) is 9.59 Å². The first-order valence-electron chi connectivity index (χ1n) is 10.9. The minimum atomic E-state index is -0.292. The van der Waals surface area contributed by atoms with Gasteiger partial charge in [0.2, 0.25) is 11.8 Å². The van der Waals surface area contributed by atoms with Crippen molar-refractivity contribution in [3.63, 3.8) is 0 Å². The summed E-state index contributed by atoms with van der Waals surface area (Å²) < 4.78 is 7.35. The second-order valence-electron chi connectivity index (χ2n) is 7.14. The van der Waals surface area contributed by atoms with Gasteiger partial charge in [-0.25, -0.2) is 0 Å². The number of hydrogen-bond acceptors (Lipinski definition) is 6. The Morgan fingerprint density at radius 1 is 1.17 bits per heavy atom. The van der Waals surface area contributed by atoms with E-state index in [-0.39, 0.29) is 24.1 Å². The van der Waals surface area contributed by atoms with Gasteiger partial charge in [-0.1, -0.05) is 59.8 Å². The molecule has 0 radical (unpaired) electrons. The fourth-order valence-corrected chi connectivity index (χ4v) is 4.00. The summed E-state index contributed by atoms with van der Waals surface area (Å²) in [6, 6.07) is 14.5. The second-order valence-corrected chi connectivity index (χ2v) is 8.49. The van der Waals surface area contributed by atoms with E-state index in [2.05, 4.69) is 27.4 Å². The van der Waals surface area contributed by atoms with Gasteiger partial charge in [0.25, 0.3) is 0 Å². The zero-order valence-electron chi connectivity index (χ0n) is 19.2. The van der Waals surface area contributed by atoms with Crippen molar-refractivity contribution in [1.82, 2.24) is 20.1 Å². The number of ether oxygens (including phenoxy) is 1. The van der Waals surface area contributed by atoms with Gasteiger partial charge in [0.05, 0.1) is 24.6 Å². The van der Waals surface area contributed by atoms with Crippen LogP contribution < -0.4 is 15.4 Å². The van der Waals surface area contributed by atoms with Crippen molar-refractivity contribution in [2.24, 2.45) is 0 Å². The van der Waals surface area contributed by atoms with Gasteiger partial charge in [0.1, 0.15) is 5.75 Å². The molecule has 2 amide bonds. The summed E-state index contributed by atoms with van der Waals surface area (Å²) in [7, 11) is 0. The maximum atomic E-state index is 12.5. The lowest BCUT2D eigenvalue weighted by atomic mass is 10.2. The Balaban J connectivity index is 1.58. The van der Waals surface area contributed by atoms with Crippen molar-refractivity contribution in [3.05, 3.63) is 83.7 Å². The van der Waals surface area contributed by atoms with E-state index in [1.165, 1.54) is 17.8 Å². The molecule has 8 nitrogen and oxygen atoms in total. The first-order chi connectivity index (χ1) is 17.0. The van der Waals surface area contributed by atoms with Crippen molar-refractivity contribution >= 4 is 46.9 Å². The van der Waals surface area contributed by atoms with Crippen LogP contribution in [-0.4, -0.2) is 38.9 Å². The smallest absolute Gasteiger partial charge is 0.244 e. The SMILES string of the molecule is C=CCn1c(CNC(=O)C=Cc2ccccc2Cl)nnc1SCC(=O)Nc1ccccc1OCC. The number of halogens is 1. The Hall–Kier alpha value is -3.56.